The molecule has 0 aliphatic carbocycles. The smallest absolute Gasteiger partial charge is 0.361 e. The van der Waals surface area contributed by atoms with Crippen molar-refractivity contribution < 1.29 is 42.9 Å². The van der Waals surface area contributed by atoms with Crippen molar-refractivity contribution in [3.8, 4) is 0 Å². The van der Waals surface area contributed by atoms with Gasteiger partial charge < -0.3 is 28.5 Å². The number of carboxylic acid groups (broad SMARTS) is 1. The van der Waals surface area contributed by atoms with E-state index in [1.54, 1.807) is 0 Å². The molecular formula is C65H110NO8+. The van der Waals surface area contributed by atoms with Gasteiger partial charge in [0.15, 0.2) is 6.10 Å². The molecule has 0 rings (SSSR count). The number of nitrogens with zero attached hydrogens (tertiary/aromatic N) is 1. The largest absolute Gasteiger partial charge is 0.477 e. The number of carboxylic acids is 1. The Hall–Kier alpha value is -4.05. The molecule has 1 N–H and O–H groups in total. The topological polar surface area (TPSA) is 108 Å². The van der Waals surface area contributed by atoms with Crippen molar-refractivity contribution in [3.05, 3.63) is 109 Å². The molecule has 74 heavy (non-hydrogen) atoms. The number of unbranched alkanes of at least 4 members (excludes halogenated alkanes) is 20. The fourth-order valence-corrected chi connectivity index (χ4v) is 7.77. The SMILES string of the molecule is CC/C=C\C/C=C\C/C=C\C/C=C\C/C=C\C/C=C\C/C=C\C/C=C\C/C=C\CCCCCCCCCCCCCCCC(=O)OC(COC(=O)CCCCCCCCCC)COC(OCC[N+](C)(C)C)C(=O)O. The average Bonchev–Trinajstić information content (AvgIpc) is 3.37. The summed E-state index contributed by atoms with van der Waals surface area (Å²) in [5.74, 6) is -2.02. The van der Waals surface area contributed by atoms with Crippen LogP contribution in [0.25, 0.3) is 0 Å². The number of carbonyl (C=O) groups excluding carboxylic acids is 2. The summed E-state index contributed by atoms with van der Waals surface area (Å²) in [7, 11) is 5.95. The Kier molecular flexibility index (Phi) is 52.2. The van der Waals surface area contributed by atoms with Crippen molar-refractivity contribution in [2.24, 2.45) is 0 Å². The van der Waals surface area contributed by atoms with Gasteiger partial charge in [0.1, 0.15) is 13.2 Å². The van der Waals surface area contributed by atoms with Gasteiger partial charge in [-0.1, -0.05) is 239 Å². The first-order chi connectivity index (χ1) is 36.1. The molecule has 9 nitrogen and oxygen atoms in total. The molecule has 0 aliphatic heterocycles. The molecule has 0 radical (unpaired) electrons. The summed E-state index contributed by atoms with van der Waals surface area (Å²) in [6.45, 7) is 4.71. The minimum absolute atomic E-state index is 0.184. The van der Waals surface area contributed by atoms with E-state index in [1.165, 1.54) is 96.3 Å². The highest BCUT2D eigenvalue weighted by Gasteiger charge is 2.25. The maximum atomic E-state index is 12.8. The number of allylic oxidation sites excluding steroid dienone is 18. The number of aliphatic carboxylic acids is 1. The van der Waals surface area contributed by atoms with E-state index < -0.39 is 24.3 Å². The summed E-state index contributed by atoms with van der Waals surface area (Å²) >= 11 is 0. The third-order valence-corrected chi connectivity index (χ3v) is 12.3. The molecular weight excluding hydrogens is 923 g/mol. The Morgan fingerprint density at radius 2 is 0.770 bits per heavy atom. The number of hydrogen-bond donors (Lipinski definition) is 1. The molecule has 0 aromatic carbocycles. The molecule has 0 aromatic rings. The van der Waals surface area contributed by atoms with Crippen molar-refractivity contribution in [1.29, 1.82) is 0 Å². The van der Waals surface area contributed by atoms with Crippen LogP contribution < -0.4 is 0 Å². The lowest BCUT2D eigenvalue weighted by molar-refractivity contribution is -0.870. The Labute approximate surface area is 454 Å². The van der Waals surface area contributed by atoms with E-state index in [0.717, 1.165) is 96.3 Å². The third kappa shape index (κ3) is 55.7. The van der Waals surface area contributed by atoms with Crippen molar-refractivity contribution in [2.45, 2.75) is 238 Å². The Bertz CT molecular complexity index is 1580. The molecule has 0 fully saturated rings. The summed E-state index contributed by atoms with van der Waals surface area (Å²) in [6, 6.07) is 0. The lowest BCUT2D eigenvalue weighted by Gasteiger charge is -2.25. The van der Waals surface area contributed by atoms with Gasteiger partial charge >= 0.3 is 17.9 Å². The van der Waals surface area contributed by atoms with Gasteiger partial charge in [0.25, 0.3) is 6.29 Å². The second-order valence-electron chi connectivity index (χ2n) is 20.6. The minimum Gasteiger partial charge on any atom is -0.477 e. The molecule has 2 atom stereocenters. The van der Waals surface area contributed by atoms with Gasteiger partial charge in [-0.15, -0.1) is 0 Å². The Morgan fingerprint density at radius 3 is 1.15 bits per heavy atom. The van der Waals surface area contributed by atoms with Crippen LogP contribution >= 0.6 is 0 Å². The molecule has 0 amide bonds. The standard InChI is InChI=1S/C65H109NO8/c1-6-8-10-12-14-16-17-18-19-20-21-22-23-24-25-26-27-28-29-30-31-32-33-34-35-36-37-38-39-40-41-42-43-44-45-46-47-48-50-52-54-56-63(68)74-61(60-73-65(64(69)70)71-58-57-66(3,4)5)59-72-62(67)55-53-51-49-15-13-11-9-7-2/h8,10,14,16,18-19,21-22,24-25,27-28,30-31,33-34,36-37,61,65H,6-7,9,11-13,15,17,20,23,26,29,32,35,38-60H2,1-5H3/p+1/b10-8-,16-14-,19-18-,22-21-,25-24-,28-27-,31-30-,34-33-,37-36-. The maximum absolute atomic E-state index is 12.8. The predicted molar refractivity (Wildman–Crippen MR) is 313 cm³/mol. The fraction of sp³-hybridized carbons (Fsp3) is 0.677. The fourth-order valence-electron chi connectivity index (χ4n) is 7.77. The Balaban J connectivity index is 4.00. The zero-order valence-corrected chi connectivity index (χ0v) is 48.0. The third-order valence-electron chi connectivity index (χ3n) is 12.3. The molecule has 0 heterocycles. The van der Waals surface area contributed by atoms with Gasteiger partial charge in [0, 0.05) is 12.8 Å². The van der Waals surface area contributed by atoms with Gasteiger partial charge in [-0.25, -0.2) is 4.79 Å². The summed E-state index contributed by atoms with van der Waals surface area (Å²) in [6.07, 6.45) is 73.5. The molecule has 0 spiro atoms. The molecule has 0 saturated heterocycles. The van der Waals surface area contributed by atoms with Crippen LogP contribution in [0.2, 0.25) is 0 Å². The zero-order chi connectivity index (χ0) is 54.1. The monoisotopic (exact) mass is 1030 g/mol. The summed E-state index contributed by atoms with van der Waals surface area (Å²) in [5.41, 5.74) is 0. The normalized spacial score (nSPS) is 13.6. The number of rotatable bonds is 53. The van der Waals surface area contributed by atoms with Crippen LogP contribution in [-0.2, 0) is 33.3 Å². The maximum Gasteiger partial charge on any atom is 0.361 e. The zero-order valence-electron chi connectivity index (χ0n) is 48.0. The van der Waals surface area contributed by atoms with Crippen LogP contribution in [0.15, 0.2) is 109 Å². The quantitative estimate of drug-likeness (QED) is 0.0211. The first-order valence-electron chi connectivity index (χ1n) is 29.6. The van der Waals surface area contributed by atoms with E-state index in [9.17, 15) is 19.5 Å². The minimum atomic E-state index is -1.51. The van der Waals surface area contributed by atoms with Crippen LogP contribution in [0.1, 0.15) is 226 Å². The number of esters is 2. The molecule has 2 unspecified atom stereocenters. The van der Waals surface area contributed by atoms with Crippen molar-refractivity contribution >= 4 is 17.9 Å². The number of likely N-dealkylation sites (N-methyl/N-ethyl adjacent to an activating group) is 1. The van der Waals surface area contributed by atoms with Crippen LogP contribution in [0.5, 0.6) is 0 Å². The van der Waals surface area contributed by atoms with Gasteiger partial charge in [0.05, 0.1) is 34.4 Å². The molecule has 0 aromatic heterocycles. The number of carbonyl (C=O) groups is 3. The average molecular weight is 1030 g/mol. The Morgan fingerprint density at radius 1 is 0.419 bits per heavy atom. The van der Waals surface area contributed by atoms with E-state index in [0.29, 0.717) is 23.9 Å². The molecule has 0 saturated carbocycles. The van der Waals surface area contributed by atoms with Crippen LogP contribution in [0.4, 0.5) is 0 Å². The van der Waals surface area contributed by atoms with E-state index in [2.05, 4.69) is 123 Å². The summed E-state index contributed by atoms with van der Waals surface area (Å²) in [4.78, 5) is 37.1. The molecule has 0 bridgehead atoms. The van der Waals surface area contributed by atoms with E-state index in [1.807, 2.05) is 21.1 Å². The second-order valence-corrected chi connectivity index (χ2v) is 20.6. The van der Waals surface area contributed by atoms with Gasteiger partial charge in [0.2, 0.25) is 0 Å². The van der Waals surface area contributed by atoms with E-state index in [-0.39, 0.29) is 32.2 Å². The summed E-state index contributed by atoms with van der Waals surface area (Å²) in [5, 5.41) is 9.65. The van der Waals surface area contributed by atoms with Crippen LogP contribution in [0.3, 0.4) is 0 Å². The van der Waals surface area contributed by atoms with E-state index in [4.69, 9.17) is 18.9 Å². The second kappa shape index (κ2) is 55.2. The first-order valence-corrected chi connectivity index (χ1v) is 29.6. The lowest BCUT2D eigenvalue weighted by atomic mass is 10.0. The van der Waals surface area contributed by atoms with Crippen molar-refractivity contribution in [1.82, 2.24) is 0 Å². The summed E-state index contributed by atoms with van der Waals surface area (Å²) < 4.78 is 22.7. The highest BCUT2D eigenvalue weighted by molar-refractivity contribution is 5.71. The van der Waals surface area contributed by atoms with Gasteiger partial charge in [-0.05, 0) is 83.5 Å². The van der Waals surface area contributed by atoms with Gasteiger partial charge in [-0.2, -0.15) is 0 Å². The van der Waals surface area contributed by atoms with Crippen molar-refractivity contribution in [2.75, 3.05) is 47.5 Å². The van der Waals surface area contributed by atoms with Gasteiger partial charge in [-0.3, -0.25) is 9.59 Å². The molecule has 0 aliphatic rings. The highest BCUT2D eigenvalue weighted by atomic mass is 16.7. The number of quaternary nitrogens is 1. The molecule has 422 valence electrons. The number of ether oxygens (including phenoxy) is 4. The van der Waals surface area contributed by atoms with E-state index >= 15 is 0 Å². The predicted octanol–water partition coefficient (Wildman–Crippen LogP) is 17.5. The lowest BCUT2D eigenvalue weighted by Crippen LogP contribution is -2.40. The van der Waals surface area contributed by atoms with Crippen LogP contribution in [-0.4, -0.2) is 87.4 Å². The molecule has 9 heteroatoms. The van der Waals surface area contributed by atoms with Crippen molar-refractivity contribution in [3.63, 3.8) is 0 Å². The first kappa shape index (κ1) is 70.0. The van der Waals surface area contributed by atoms with Crippen LogP contribution in [0, 0.1) is 0 Å². The number of hydrogen-bond acceptors (Lipinski definition) is 7. The highest BCUT2D eigenvalue weighted by Crippen LogP contribution is 2.15.